The van der Waals surface area contributed by atoms with Crippen LogP contribution < -0.4 is 0 Å². The average molecular weight is 441 g/mol. The monoisotopic (exact) mass is 440 g/mol. The number of nitrogens with zero attached hydrogens (tertiary/aromatic N) is 2. The molecule has 1 N–H and O–H groups in total. The number of ether oxygens (including phenoxy) is 1. The zero-order chi connectivity index (χ0) is 22.5. The molecule has 0 bridgehead atoms. The standard InChI is InChI=1S/C26H20N2O3S/c1-17-4-2-3-5-22(17)23-12-20(10-11-21(23)13-27)25(24-14-28-16-32-24)31-15-18-6-8-19(9-7-18)26(29)30/h2-12,14,16,25H,15H2,1H3,(H,29,30). The Morgan fingerprint density at radius 3 is 2.56 bits per heavy atom. The molecule has 5 nitrogen and oxygen atoms in total. The Morgan fingerprint density at radius 1 is 1.12 bits per heavy atom. The number of thiazole rings is 1. The summed E-state index contributed by atoms with van der Waals surface area (Å²) in [4.78, 5) is 16.2. The van der Waals surface area contributed by atoms with Gasteiger partial charge in [-0.3, -0.25) is 4.98 Å². The summed E-state index contributed by atoms with van der Waals surface area (Å²) in [6.45, 7) is 2.34. The number of nitriles is 1. The molecular weight excluding hydrogens is 420 g/mol. The summed E-state index contributed by atoms with van der Waals surface area (Å²) in [5, 5.41) is 18.8. The Labute approximate surface area is 190 Å². The van der Waals surface area contributed by atoms with E-state index >= 15 is 0 Å². The highest BCUT2D eigenvalue weighted by Gasteiger charge is 2.19. The van der Waals surface area contributed by atoms with Gasteiger partial charge in [0.25, 0.3) is 0 Å². The molecule has 1 unspecified atom stereocenters. The van der Waals surface area contributed by atoms with Gasteiger partial charge in [-0.2, -0.15) is 5.26 Å². The van der Waals surface area contributed by atoms with Gasteiger partial charge in [-0.25, -0.2) is 4.79 Å². The van der Waals surface area contributed by atoms with E-state index in [4.69, 9.17) is 9.84 Å². The Hall–Kier alpha value is -3.79. The summed E-state index contributed by atoms with van der Waals surface area (Å²) in [6, 6.07) is 22.7. The van der Waals surface area contributed by atoms with Crippen molar-refractivity contribution >= 4 is 17.3 Å². The van der Waals surface area contributed by atoms with Gasteiger partial charge in [-0.05, 0) is 53.4 Å². The van der Waals surface area contributed by atoms with Crippen LogP contribution in [0.3, 0.4) is 0 Å². The maximum Gasteiger partial charge on any atom is 0.335 e. The number of aromatic nitrogens is 1. The van der Waals surface area contributed by atoms with Gasteiger partial charge in [-0.1, -0.05) is 42.5 Å². The topological polar surface area (TPSA) is 83.2 Å². The van der Waals surface area contributed by atoms with Crippen molar-refractivity contribution in [2.45, 2.75) is 19.6 Å². The Bertz CT molecular complexity index is 1280. The highest BCUT2D eigenvalue weighted by molar-refractivity contribution is 7.09. The minimum Gasteiger partial charge on any atom is -0.478 e. The Kier molecular flexibility index (Phi) is 6.41. The molecule has 0 saturated heterocycles. The van der Waals surface area contributed by atoms with E-state index in [9.17, 15) is 10.1 Å². The summed E-state index contributed by atoms with van der Waals surface area (Å²) in [6.07, 6.45) is 1.42. The molecule has 0 aliphatic carbocycles. The second-order valence-corrected chi connectivity index (χ2v) is 8.25. The van der Waals surface area contributed by atoms with Crippen LogP contribution in [0.5, 0.6) is 0 Å². The fraction of sp³-hybridized carbons (Fsp3) is 0.115. The van der Waals surface area contributed by atoms with Gasteiger partial charge >= 0.3 is 5.97 Å². The van der Waals surface area contributed by atoms with Crippen LogP contribution in [-0.4, -0.2) is 16.1 Å². The number of aryl methyl sites for hydroxylation is 1. The number of benzene rings is 3. The van der Waals surface area contributed by atoms with E-state index in [1.54, 1.807) is 36.0 Å². The van der Waals surface area contributed by atoms with Gasteiger partial charge in [0.05, 0.1) is 34.2 Å². The SMILES string of the molecule is Cc1ccccc1-c1cc(C(OCc2ccc(C(=O)O)cc2)c2cncs2)ccc1C#N. The first kappa shape index (κ1) is 21.4. The van der Waals surface area contributed by atoms with E-state index < -0.39 is 5.97 Å². The lowest BCUT2D eigenvalue weighted by Gasteiger charge is -2.19. The van der Waals surface area contributed by atoms with E-state index in [2.05, 4.69) is 11.1 Å². The fourth-order valence-corrected chi connectivity index (χ4v) is 4.23. The van der Waals surface area contributed by atoms with Crippen molar-refractivity contribution in [1.82, 2.24) is 4.98 Å². The van der Waals surface area contributed by atoms with Crippen LogP contribution in [0.2, 0.25) is 0 Å². The molecule has 0 aliphatic rings. The molecule has 1 heterocycles. The lowest BCUT2D eigenvalue weighted by atomic mass is 9.93. The molecule has 0 amide bonds. The molecule has 3 aromatic carbocycles. The van der Waals surface area contributed by atoms with Crippen LogP contribution >= 0.6 is 11.3 Å². The first-order chi connectivity index (χ1) is 15.6. The minimum absolute atomic E-state index is 0.239. The molecule has 0 radical (unpaired) electrons. The maximum absolute atomic E-state index is 11.1. The van der Waals surface area contributed by atoms with E-state index in [1.807, 2.05) is 49.4 Å². The predicted molar refractivity (Wildman–Crippen MR) is 123 cm³/mol. The van der Waals surface area contributed by atoms with Crippen molar-refractivity contribution in [1.29, 1.82) is 5.26 Å². The molecule has 1 aromatic heterocycles. The fourth-order valence-electron chi connectivity index (χ4n) is 3.54. The molecule has 0 aliphatic heterocycles. The number of hydrogen-bond donors (Lipinski definition) is 1. The third-order valence-electron chi connectivity index (χ3n) is 5.23. The molecule has 4 rings (SSSR count). The van der Waals surface area contributed by atoms with E-state index in [-0.39, 0.29) is 11.7 Å². The zero-order valence-corrected chi connectivity index (χ0v) is 18.2. The number of carboxylic acid groups (broad SMARTS) is 1. The summed E-state index contributed by atoms with van der Waals surface area (Å²) in [5.74, 6) is -0.957. The van der Waals surface area contributed by atoms with Gasteiger partial charge < -0.3 is 9.84 Å². The van der Waals surface area contributed by atoms with Gasteiger partial charge in [0.15, 0.2) is 0 Å². The number of carbonyl (C=O) groups is 1. The number of aromatic carboxylic acids is 1. The summed E-state index contributed by atoms with van der Waals surface area (Å²) >= 11 is 1.50. The summed E-state index contributed by atoms with van der Waals surface area (Å²) in [7, 11) is 0. The van der Waals surface area contributed by atoms with Crippen molar-refractivity contribution in [3.8, 4) is 17.2 Å². The first-order valence-electron chi connectivity index (χ1n) is 9.99. The Morgan fingerprint density at radius 2 is 1.91 bits per heavy atom. The first-order valence-corrected chi connectivity index (χ1v) is 10.9. The predicted octanol–water partition coefficient (Wildman–Crippen LogP) is 5.99. The quantitative estimate of drug-likeness (QED) is 0.381. The highest BCUT2D eigenvalue weighted by atomic mass is 32.1. The van der Waals surface area contributed by atoms with Crippen LogP contribution in [0.4, 0.5) is 0 Å². The Balaban J connectivity index is 1.68. The van der Waals surface area contributed by atoms with E-state index in [0.29, 0.717) is 12.2 Å². The van der Waals surface area contributed by atoms with Crippen molar-refractivity contribution < 1.29 is 14.6 Å². The molecule has 1 atom stereocenters. The van der Waals surface area contributed by atoms with Crippen molar-refractivity contribution in [3.05, 3.63) is 111 Å². The normalized spacial score (nSPS) is 11.6. The third-order valence-corrected chi connectivity index (χ3v) is 6.05. The van der Waals surface area contributed by atoms with Crippen molar-refractivity contribution in [2.24, 2.45) is 0 Å². The molecule has 0 spiro atoms. The number of rotatable bonds is 7. The van der Waals surface area contributed by atoms with Gasteiger partial charge in [-0.15, -0.1) is 11.3 Å². The summed E-state index contributed by atoms with van der Waals surface area (Å²) < 4.78 is 6.29. The summed E-state index contributed by atoms with van der Waals surface area (Å²) in [5.41, 5.74) is 7.38. The van der Waals surface area contributed by atoms with Crippen LogP contribution in [0.1, 0.15) is 43.6 Å². The highest BCUT2D eigenvalue weighted by Crippen LogP contribution is 2.34. The second kappa shape index (κ2) is 9.56. The smallest absolute Gasteiger partial charge is 0.335 e. The molecule has 158 valence electrons. The van der Waals surface area contributed by atoms with Crippen molar-refractivity contribution in [2.75, 3.05) is 0 Å². The second-order valence-electron chi connectivity index (χ2n) is 7.33. The molecule has 6 heteroatoms. The molecule has 32 heavy (non-hydrogen) atoms. The third kappa shape index (κ3) is 4.59. The molecule has 0 fully saturated rings. The van der Waals surface area contributed by atoms with Crippen LogP contribution in [0.15, 0.2) is 78.4 Å². The van der Waals surface area contributed by atoms with Crippen LogP contribution in [0, 0.1) is 18.3 Å². The lowest BCUT2D eigenvalue weighted by Crippen LogP contribution is -2.06. The van der Waals surface area contributed by atoms with Gasteiger partial charge in [0.1, 0.15) is 6.10 Å². The molecular formula is C26H20N2O3S. The lowest BCUT2D eigenvalue weighted by molar-refractivity contribution is 0.0681. The number of carboxylic acids is 1. The minimum atomic E-state index is -0.957. The van der Waals surface area contributed by atoms with Gasteiger partial charge in [0, 0.05) is 11.8 Å². The maximum atomic E-state index is 11.1. The van der Waals surface area contributed by atoms with Crippen LogP contribution in [-0.2, 0) is 11.3 Å². The van der Waals surface area contributed by atoms with E-state index in [1.165, 1.54) is 11.3 Å². The van der Waals surface area contributed by atoms with E-state index in [0.717, 1.165) is 32.7 Å². The average Bonchev–Trinajstić information content (AvgIpc) is 3.34. The molecule has 0 saturated carbocycles. The number of hydrogen-bond acceptors (Lipinski definition) is 5. The zero-order valence-electron chi connectivity index (χ0n) is 17.4. The molecule has 4 aromatic rings. The largest absolute Gasteiger partial charge is 0.478 e. The van der Waals surface area contributed by atoms with Gasteiger partial charge in [0.2, 0.25) is 0 Å². The van der Waals surface area contributed by atoms with Crippen molar-refractivity contribution in [3.63, 3.8) is 0 Å². The van der Waals surface area contributed by atoms with Crippen LogP contribution in [0.25, 0.3) is 11.1 Å².